The zero-order chi connectivity index (χ0) is 14.5. The molecule has 106 valence electrons. The van der Waals surface area contributed by atoms with E-state index < -0.39 is 0 Å². The van der Waals surface area contributed by atoms with E-state index in [1.807, 2.05) is 25.1 Å². The highest BCUT2D eigenvalue weighted by molar-refractivity contribution is 6.31. The van der Waals surface area contributed by atoms with E-state index >= 15 is 0 Å². The molecule has 0 aliphatic heterocycles. The third kappa shape index (κ3) is 3.71. The average molecular weight is 291 g/mol. The summed E-state index contributed by atoms with van der Waals surface area (Å²) in [7, 11) is 0. The number of pyridine rings is 1. The lowest BCUT2D eigenvalue weighted by atomic mass is 10.1. The maximum absolute atomic E-state index is 6.23. The van der Waals surface area contributed by atoms with Crippen LogP contribution in [-0.4, -0.2) is 11.5 Å². The van der Waals surface area contributed by atoms with Crippen molar-refractivity contribution in [2.75, 3.05) is 6.54 Å². The van der Waals surface area contributed by atoms with Crippen LogP contribution in [-0.2, 0) is 6.54 Å². The molecule has 0 amide bonds. The van der Waals surface area contributed by atoms with Crippen LogP contribution in [0.4, 0.5) is 0 Å². The maximum Gasteiger partial charge on any atom is 0.238 e. The number of rotatable bonds is 5. The number of halogens is 1. The molecule has 0 radical (unpaired) electrons. The van der Waals surface area contributed by atoms with Crippen LogP contribution in [0.5, 0.6) is 11.6 Å². The Morgan fingerprint density at radius 3 is 2.70 bits per heavy atom. The minimum Gasteiger partial charge on any atom is -0.437 e. The molecule has 0 aliphatic rings. The van der Waals surface area contributed by atoms with Gasteiger partial charge in [-0.2, -0.15) is 0 Å². The van der Waals surface area contributed by atoms with Crippen LogP contribution in [0, 0.1) is 13.8 Å². The van der Waals surface area contributed by atoms with Crippen molar-refractivity contribution in [1.29, 1.82) is 0 Å². The van der Waals surface area contributed by atoms with Gasteiger partial charge in [-0.05, 0) is 43.7 Å². The summed E-state index contributed by atoms with van der Waals surface area (Å²) in [4.78, 5) is 4.30. The Balaban J connectivity index is 2.17. The molecule has 2 aromatic rings. The predicted octanol–water partition coefficient (Wildman–Crippen LogP) is 4.25. The standard InChI is InChI=1S/C16H19ClN2O/c1-4-18-9-13-8-14(17)16(19-10-13)20-15-6-5-11(2)7-12(15)3/h5-8,10,18H,4,9H2,1-3H3. The first-order valence-electron chi connectivity index (χ1n) is 6.70. The largest absolute Gasteiger partial charge is 0.437 e. The molecule has 20 heavy (non-hydrogen) atoms. The van der Waals surface area contributed by atoms with Crippen molar-refractivity contribution in [1.82, 2.24) is 10.3 Å². The van der Waals surface area contributed by atoms with E-state index in [2.05, 4.69) is 30.2 Å². The molecule has 1 aromatic heterocycles. The van der Waals surface area contributed by atoms with Crippen LogP contribution in [0.1, 0.15) is 23.6 Å². The van der Waals surface area contributed by atoms with Crippen molar-refractivity contribution in [3.8, 4) is 11.6 Å². The number of aryl methyl sites for hydroxylation is 2. The predicted molar refractivity (Wildman–Crippen MR) is 82.6 cm³/mol. The highest BCUT2D eigenvalue weighted by atomic mass is 35.5. The number of nitrogens with one attached hydrogen (secondary N) is 1. The number of benzene rings is 1. The van der Waals surface area contributed by atoms with Crippen molar-refractivity contribution in [3.63, 3.8) is 0 Å². The lowest BCUT2D eigenvalue weighted by molar-refractivity contribution is 0.459. The second-order valence-corrected chi connectivity index (χ2v) is 5.19. The van der Waals surface area contributed by atoms with E-state index in [0.29, 0.717) is 10.9 Å². The summed E-state index contributed by atoms with van der Waals surface area (Å²) in [6.45, 7) is 7.80. The molecular formula is C16H19ClN2O. The Bertz CT molecular complexity index is 599. The molecule has 0 spiro atoms. The topological polar surface area (TPSA) is 34.2 Å². The molecule has 1 N–H and O–H groups in total. The Morgan fingerprint density at radius 2 is 2.05 bits per heavy atom. The SMILES string of the molecule is CCNCc1cnc(Oc2ccc(C)cc2C)c(Cl)c1. The van der Waals surface area contributed by atoms with Gasteiger partial charge in [0.25, 0.3) is 0 Å². The summed E-state index contributed by atoms with van der Waals surface area (Å²) >= 11 is 6.23. The van der Waals surface area contributed by atoms with E-state index in [4.69, 9.17) is 16.3 Å². The van der Waals surface area contributed by atoms with E-state index in [0.717, 1.165) is 30.0 Å². The summed E-state index contributed by atoms with van der Waals surface area (Å²) in [6, 6.07) is 7.91. The molecule has 0 aliphatic carbocycles. The van der Waals surface area contributed by atoms with Gasteiger partial charge in [0.05, 0.1) is 0 Å². The third-order valence-electron chi connectivity index (χ3n) is 2.98. The van der Waals surface area contributed by atoms with Gasteiger partial charge in [-0.15, -0.1) is 0 Å². The van der Waals surface area contributed by atoms with Gasteiger partial charge in [0, 0.05) is 12.7 Å². The van der Waals surface area contributed by atoms with Crippen LogP contribution in [0.25, 0.3) is 0 Å². The summed E-state index contributed by atoms with van der Waals surface area (Å²) in [5.41, 5.74) is 3.32. The number of nitrogens with zero attached hydrogens (tertiary/aromatic N) is 1. The number of ether oxygens (including phenoxy) is 1. The van der Waals surface area contributed by atoms with Gasteiger partial charge in [0.1, 0.15) is 10.8 Å². The van der Waals surface area contributed by atoms with Crippen molar-refractivity contribution < 1.29 is 4.74 Å². The monoisotopic (exact) mass is 290 g/mol. The maximum atomic E-state index is 6.23. The smallest absolute Gasteiger partial charge is 0.238 e. The Hall–Kier alpha value is -1.58. The molecule has 0 atom stereocenters. The molecule has 0 saturated heterocycles. The highest BCUT2D eigenvalue weighted by Gasteiger charge is 2.08. The minimum absolute atomic E-state index is 0.443. The number of aromatic nitrogens is 1. The van der Waals surface area contributed by atoms with Crippen LogP contribution in [0.15, 0.2) is 30.5 Å². The fourth-order valence-electron chi connectivity index (χ4n) is 1.92. The van der Waals surface area contributed by atoms with E-state index in [9.17, 15) is 0 Å². The van der Waals surface area contributed by atoms with Crippen LogP contribution in [0.2, 0.25) is 5.02 Å². The highest BCUT2D eigenvalue weighted by Crippen LogP contribution is 2.29. The normalized spacial score (nSPS) is 10.6. The quantitative estimate of drug-likeness (QED) is 0.894. The van der Waals surface area contributed by atoms with Gasteiger partial charge in [0.2, 0.25) is 5.88 Å². The first kappa shape index (κ1) is 14.8. The second kappa shape index (κ2) is 6.73. The molecule has 0 fully saturated rings. The average Bonchev–Trinajstić information content (AvgIpc) is 2.42. The van der Waals surface area contributed by atoms with Crippen molar-refractivity contribution in [2.24, 2.45) is 0 Å². The molecule has 4 heteroatoms. The Morgan fingerprint density at radius 1 is 1.25 bits per heavy atom. The zero-order valence-electron chi connectivity index (χ0n) is 12.0. The number of hydrogen-bond donors (Lipinski definition) is 1. The summed E-state index contributed by atoms with van der Waals surface area (Å²) in [5, 5.41) is 3.76. The van der Waals surface area contributed by atoms with Gasteiger partial charge in [-0.1, -0.05) is 36.2 Å². The van der Waals surface area contributed by atoms with Gasteiger partial charge in [-0.3, -0.25) is 0 Å². The fourth-order valence-corrected chi connectivity index (χ4v) is 2.15. The van der Waals surface area contributed by atoms with E-state index in [1.165, 1.54) is 5.56 Å². The lowest BCUT2D eigenvalue weighted by Gasteiger charge is -2.10. The molecule has 1 heterocycles. The van der Waals surface area contributed by atoms with Gasteiger partial charge >= 0.3 is 0 Å². The molecule has 0 unspecified atom stereocenters. The first-order chi connectivity index (χ1) is 9.60. The first-order valence-corrected chi connectivity index (χ1v) is 7.08. The van der Waals surface area contributed by atoms with Crippen LogP contribution >= 0.6 is 11.6 Å². The second-order valence-electron chi connectivity index (χ2n) is 4.78. The van der Waals surface area contributed by atoms with Crippen LogP contribution in [0.3, 0.4) is 0 Å². The molecule has 0 bridgehead atoms. The lowest BCUT2D eigenvalue weighted by Crippen LogP contribution is -2.11. The van der Waals surface area contributed by atoms with Gasteiger partial charge < -0.3 is 10.1 Å². The summed E-state index contributed by atoms with van der Waals surface area (Å²) in [6.07, 6.45) is 1.79. The zero-order valence-corrected chi connectivity index (χ0v) is 12.8. The fraction of sp³-hybridized carbons (Fsp3) is 0.312. The van der Waals surface area contributed by atoms with E-state index in [1.54, 1.807) is 6.20 Å². The Labute approximate surface area is 124 Å². The summed E-state index contributed by atoms with van der Waals surface area (Å²) < 4.78 is 5.79. The molecule has 0 saturated carbocycles. The molecule has 1 aromatic carbocycles. The van der Waals surface area contributed by atoms with Crippen molar-refractivity contribution in [3.05, 3.63) is 52.2 Å². The van der Waals surface area contributed by atoms with Gasteiger partial charge in [-0.25, -0.2) is 4.98 Å². The van der Waals surface area contributed by atoms with Crippen molar-refractivity contribution in [2.45, 2.75) is 27.3 Å². The van der Waals surface area contributed by atoms with E-state index in [-0.39, 0.29) is 0 Å². The van der Waals surface area contributed by atoms with Crippen molar-refractivity contribution >= 4 is 11.6 Å². The van der Waals surface area contributed by atoms with Gasteiger partial charge in [0.15, 0.2) is 0 Å². The third-order valence-corrected chi connectivity index (χ3v) is 3.25. The molecule has 2 rings (SSSR count). The molecular weight excluding hydrogens is 272 g/mol. The number of hydrogen-bond acceptors (Lipinski definition) is 3. The Kier molecular flexibility index (Phi) is 4.99. The summed E-state index contributed by atoms with van der Waals surface area (Å²) in [5.74, 6) is 1.23. The van der Waals surface area contributed by atoms with Crippen LogP contribution < -0.4 is 10.1 Å². The molecule has 3 nitrogen and oxygen atoms in total. The minimum atomic E-state index is 0.443.